The minimum atomic E-state index is 0.800. The van der Waals surface area contributed by atoms with Crippen molar-refractivity contribution in [2.75, 3.05) is 58.4 Å². The first-order chi connectivity index (χ1) is 12.2. The van der Waals surface area contributed by atoms with Gasteiger partial charge in [-0.15, -0.1) is 0 Å². The van der Waals surface area contributed by atoms with Gasteiger partial charge in [0.25, 0.3) is 0 Å². The summed E-state index contributed by atoms with van der Waals surface area (Å²) in [5.74, 6) is 1.01. The molecule has 2 rings (SSSR count). The van der Waals surface area contributed by atoms with Gasteiger partial charge in [0.15, 0.2) is 5.96 Å². The molecule has 1 aliphatic heterocycles. The molecule has 0 amide bonds. The SMILES string of the molecule is CN=C(NCCCCCOC)N1CCN(c2cc(Cl)ccc2C)CC1. The Labute approximate surface area is 157 Å². The molecule has 140 valence electrons. The number of guanidine groups is 1. The Morgan fingerprint density at radius 2 is 1.96 bits per heavy atom. The summed E-state index contributed by atoms with van der Waals surface area (Å²) in [6.07, 6.45) is 3.44. The van der Waals surface area contributed by atoms with Crippen molar-refractivity contribution in [3.63, 3.8) is 0 Å². The van der Waals surface area contributed by atoms with Crippen molar-refractivity contribution in [3.05, 3.63) is 28.8 Å². The molecule has 25 heavy (non-hydrogen) atoms. The number of nitrogens with zero attached hydrogens (tertiary/aromatic N) is 3. The lowest BCUT2D eigenvalue weighted by Crippen LogP contribution is -2.52. The van der Waals surface area contributed by atoms with Gasteiger partial charge in [-0.25, -0.2) is 0 Å². The van der Waals surface area contributed by atoms with E-state index in [9.17, 15) is 0 Å². The topological polar surface area (TPSA) is 40.1 Å². The van der Waals surface area contributed by atoms with Crippen LogP contribution in [0.15, 0.2) is 23.2 Å². The zero-order chi connectivity index (χ0) is 18.1. The molecule has 1 aliphatic rings. The van der Waals surface area contributed by atoms with Crippen LogP contribution in [0.2, 0.25) is 5.02 Å². The summed E-state index contributed by atoms with van der Waals surface area (Å²) in [6, 6.07) is 6.11. The van der Waals surface area contributed by atoms with Crippen LogP contribution in [0, 0.1) is 6.92 Å². The molecule has 6 heteroatoms. The number of piperazine rings is 1. The number of methoxy groups -OCH3 is 1. The molecule has 1 saturated heterocycles. The van der Waals surface area contributed by atoms with Crippen LogP contribution in [0.4, 0.5) is 5.69 Å². The van der Waals surface area contributed by atoms with Crippen molar-refractivity contribution in [1.82, 2.24) is 10.2 Å². The maximum Gasteiger partial charge on any atom is 0.193 e. The summed E-state index contributed by atoms with van der Waals surface area (Å²) >= 11 is 6.17. The summed E-state index contributed by atoms with van der Waals surface area (Å²) in [5.41, 5.74) is 2.52. The maximum atomic E-state index is 6.17. The normalized spacial score (nSPS) is 15.6. The second-order valence-electron chi connectivity index (χ2n) is 6.43. The van der Waals surface area contributed by atoms with E-state index in [0.717, 1.165) is 63.2 Å². The Balaban J connectivity index is 1.78. The van der Waals surface area contributed by atoms with E-state index in [4.69, 9.17) is 16.3 Å². The third-order valence-electron chi connectivity index (χ3n) is 4.61. The van der Waals surface area contributed by atoms with Crippen LogP contribution in [0.5, 0.6) is 0 Å². The predicted octanol–water partition coefficient (Wildman–Crippen LogP) is 3.16. The van der Waals surface area contributed by atoms with Gasteiger partial charge < -0.3 is 19.9 Å². The van der Waals surface area contributed by atoms with Crippen molar-refractivity contribution < 1.29 is 4.74 Å². The highest BCUT2D eigenvalue weighted by Gasteiger charge is 2.20. The van der Waals surface area contributed by atoms with Gasteiger partial charge in [-0.05, 0) is 43.9 Å². The Morgan fingerprint density at radius 1 is 1.20 bits per heavy atom. The Hall–Kier alpha value is -1.46. The van der Waals surface area contributed by atoms with Crippen LogP contribution >= 0.6 is 11.6 Å². The zero-order valence-corrected chi connectivity index (χ0v) is 16.5. The van der Waals surface area contributed by atoms with Crippen LogP contribution in [-0.4, -0.2) is 64.3 Å². The first-order valence-electron chi connectivity index (χ1n) is 9.11. The molecule has 0 atom stereocenters. The predicted molar refractivity (Wildman–Crippen MR) is 107 cm³/mol. The molecular weight excluding hydrogens is 336 g/mol. The van der Waals surface area contributed by atoms with Crippen LogP contribution in [0.1, 0.15) is 24.8 Å². The van der Waals surface area contributed by atoms with Crippen LogP contribution in [-0.2, 0) is 4.74 Å². The molecule has 1 heterocycles. The molecule has 5 nitrogen and oxygen atoms in total. The van der Waals surface area contributed by atoms with E-state index in [1.165, 1.54) is 17.7 Å². The molecule has 0 spiro atoms. The van der Waals surface area contributed by atoms with Gasteiger partial charge in [0, 0.05) is 64.2 Å². The van der Waals surface area contributed by atoms with E-state index in [2.05, 4.69) is 39.2 Å². The Kier molecular flexibility index (Phi) is 8.35. The molecule has 1 N–H and O–H groups in total. The molecule has 0 unspecified atom stereocenters. The number of ether oxygens (including phenoxy) is 1. The Bertz CT molecular complexity index is 556. The van der Waals surface area contributed by atoms with E-state index >= 15 is 0 Å². The third kappa shape index (κ3) is 6.08. The number of hydrogen-bond donors (Lipinski definition) is 1. The fourth-order valence-electron chi connectivity index (χ4n) is 3.16. The van der Waals surface area contributed by atoms with Crippen LogP contribution < -0.4 is 10.2 Å². The average Bonchev–Trinajstić information content (AvgIpc) is 2.63. The summed E-state index contributed by atoms with van der Waals surface area (Å²) in [4.78, 5) is 9.19. The van der Waals surface area contributed by atoms with Gasteiger partial charge in [-0.2, -0.15) is 0 Å². The second-order valence-corrected chi connectivity index (χ2v) is 6.87. The number of aliphatic imine (C=N–C) groups is 1. The number of aryl methyl sites for hydroxylation is 1. The molecule has 1 aromatic carbocycles. The van der Waals surface area contributed by atoms with Gasteiger partial charge in [0.05, 0.1) is 0 Å². The van der Waals surface area contributed by atoms with Gasteiger partial charge in [-0.3, -0.25) is 4.99 Å². The van der Waals surface area contributed by atoms with Crippen molar-refractivity contribution in [3.8, 4) is 0 Å². The fourth-order valence-corrected chi connectivity index (χ4v) is 3.33. The largest absolute Gasteiger partial charge is 0.385 e. The molecule has 1 fully saturated rings. The monoisotopic (exact) mass is 366 g/mol. The van der Waals surface area contributed by atoms with Gasteiger partial charge in [-0.1, -0.05) is 17.7 Å². The van der Waals surface area contributed by atoms with Crippen LogP contribution in [0.25, 0.3) is 0 Å². The summed E-state index contributed by atoms with van der Waals surface area (Å²) < 4.78 is 5.08. The summed E-state index contributed by atoms with van der Waals surface area (Å²) in [5, 5.41) is 4.29. The van der Waals surface area contributed by atoms with Crippen molar-refractivity contribution in [1.29, 1.82) is 0 Å². The number of hydrogen-bond acceptors (Lipinski definition) is 3. The van der Waals surface area contributed by atoms with Crippen LogP contribution in [0.3, 0.4) is 0 Å². The summed E-state index contributed by atoms with van der Waals surface area (Å²) in [6.45, 7) is 7.85. The number of anilines is 1. The molecule has 0 bridgehead atoms. The Morgan fingerprint density at radius 3 is 2.64 bits per heavy atom. The maximum absolute atomic E-state index is 6.17. The molecular formula is C19H31ClN4O. The van der Waals surface area contributed by atoms with Crippen molar-refractivity contribution in [2.45, 2.75) is 26.2 Å². The lowest BCUT2D eigenvalue weighted by molar-refractivity contribution is 0.192. The number of halogens is 1. The minimum absolute atomic E-state index is 0.800. The number of nitrogens with one attached hydrogen (secondary N) is 1. The molecule has 1 aromatic rings. The average molecular weight is 367 g/mol. The van der Waals surface area contributed by atoms with Gasteiger partial charge in [0.1, 0.15) is 0 Å². The lowest BCUT2D eigenvalue weighted by atomic mass is 10.1. The first kappa shape index (κ1) is 19.9. The minimum Gasteiger partial charge on any atom is -0.385 e. The zero-order valence-electron chi connectivity index (χ0n) is 15.7. The first-order valence-corrected chi connectivity index (χ1v) is 9.49. The quantitative estimate of drug-likeness (QED) is 0.457. The van der Waals surface area contributed by atoms with Crippen molar-refractivity contribution >= 4 is 23.2 Å². The molecule has 0 saturated carbocycles. The molecule has 0 aromatic heterocycles. The van der Waals surface area contributed by atoms with E-state index in [1.54, 1.807) is 7.11 Å². The van der Waals surface area contributed by atoms with E-state index in [-0.39, 0.29) is 0 Å². The van der Waals surface area contributed by atoms with Gasteiger partial charge >= 0.3 is 0 Å². The molecule has 0 aliphatic carbocycles. The van der Waals surface area contributed by atoms with E-state index in [1.807, 2.05) is 13.1 Å². The highest BCUT2D eigenvalue weighted by atomic mass is 35.5. The third-order valence-corrected chi connectivity index (χ3v) is 4.85. The standard InChI is InChI=1S/C19H31ClN4O/c1-16-7-8-17(20)15-18(16)23-10-12-24(13-11-23)19(21-2)22-9-5-4-6-14-25-3/h7-8,15H,4-6,9-14H2,1-3H3,(H,21,22). The summed E-state index contributed by atoms with van der Waals surface area (Å²) in [7, 11) is 3.62. The second kappa shape index (κ2) is 10.5. The highest BCUT2D eigenvalue weighted by Crippen LogP contribution is 2.25. The van der Waals surface area contributed by atoms with Crippen molar-refractivity contribution in [2.24, 2.45) is 4.99 Å². The number of rotatable bonds is 7. The smallest absolute Gasteiger partial charge is 0.193 e. The van der Waals surface area contributed by atoms with E-state index < -0.39 is 0 Å². The van der Waals surface area contributed by atoms with Gasteiger partial charge in [0.2, 0.25) is 0 Å². The number of benzene rings is 1. The number of unbranched alkanes of at least 4 members (excludes halogenated alkanes) is 2. The lowest BCUT2D eigenvalue weighted by Gasteiger charge is -2.38. The molecule has 0 radical (unpaired) electrons. The highest BCUT2D eigenvalue weighted by molar-refractivity contribution is 6.30. The fraction of sp³-hybridized carbons (Fsp3) is 0.632. The van der Waals surface area contributed by atoms with E-state index in [0.29, 0.717) is 0 Å².